The smallest absolute Gasteiger partial charge is 0.313 e. The van der Waals surface area contributed by atoms with Gasteiger partial charge in [-0.3, -0.25) is 4.79 Å². The molecule has 0 fully saturated rings. The molecule has 0 saturated heterocycles. The first-order valence-corrected chi connectivity index (χ1v) is 6.72. The summed E-state index contributed by atoms with van der Waals surface area (Å²) in [5, 5.41) is 8.68. The van der Waals surface area contributed by atoms with E-state index in [9.17, 15) is 4.79 Å². The van der Waals surface area contributed by atoms with E-state index in [1.165, 1.54) is 11.8 Å². The van der Waals surface area contributed by atoms with Gasteiger partial charge in [0.1, 0.15) is 0 Å². The van der Waals surface area contributed by atoms with E-state index < -0.39 is 5.97 Å². The van der Waals surface area contributed by atoms with Crippen molar-refractivity contribution in [3.63, 3.8) is 0 Å². The van der Waals surface area contributed by atoms with Crippen molar-refractivity contribution in [3.05, 3.63) is 42.5 Å². The van der Waals surface area contributed by atoms with Gasteiger partial charge in [-0.25, -0.2) is 9.97 Å². The number of carboxylic acids is 1. The average molecular weight is 270 g/mol. The van der Waals surface area contributed by atoms with Crippen molar-refractivity contribution in [3.8, 4) is 0 Å². The summed E-state index contributed by atoms with van der Waals surface area (Å²) >= 11 is 1.28. The van der Waals surface area contributed by atoms with E-state index in [-0.39, 0.29) is 5.75 Å². The normalized spacial score (nSPS) is 10.9. The quantitative estimate of drug-likeness (QED) is 0.585. The standard InChI is InChI=1S/C14H10N2O2S/c17-14(18)8-19-9-5-6-12-13(7-9)16-11-4-2-1-3-10(11)15-12/h1-7H,8H2,(H,17,18). The first-order chi connectivity index (χ1) is 9.22. The van der Waals surface area contributed by atoms with Crippen LogP contribution in [0.1, 0.15) is 0 Å². The molecule has 3 rings (SSSR count). The Balaban J connectivity index is 2.06. The summed E-state index contributed by atoms with van der Waals surface area (Å²) in [7, 11) is 0. The number of hydrogen-bond acceptors (Lipinski definition) is 4. The Hall–Kier alpha value is -2.14. The molecule has 0 radical (unpaired) electrons. The van der Waals surface area contributed by atoms with Crippen LogP contribution in [0.25, 0.3) is 22.1 Å². The zero-order valence-corrected chi connectivity index (χ0v) is 10.7. The molecule has 3 aromatic rings. The second-order valence-corrected chi connectivity index (χ2v) is 5.09. The molecule has 94 valence electrons. The highest BCUT2D eigenvalue weighted by Crippen LogP contribution is 2.23. The molecule has 19 heavy (non-hydrogen) atoms. The fourth-order valence-corrected chi connectivity index (χ4v) is 2.48. The topological polar surface area (TPSA) is 63.1 Å². The van der Waals surface area contributed by atoms with Gasteiger partial charge in [0.05, 0.1) is 27.8 Å². The van der Waals surface area contributed by atoms with Crippen molar-refractivity contribution in [1.82, 2.24) is 9.97 Å². The lowest BCUT2D eigenvalue weighted by molar-refractivity contribution is -0.133. The van der Waals surface area contributed by atoms with E-state index >= 15 is 0 Å². The van der Waals surface area contributed by atoms with Crippen LogP contribution in [0.3, 0.4) is 0 Å². The predicted molar refractivity (Wildman–Crippen MR) is 75.4 cm³/mol. The number of aromatic nitrogens is 2. The first-order valence-electron chi connectivity index (χ1n) is 5.73. The highest BCUT2D eigenvalue weighted by Gasteiger charge is 2.04. The first kappa shape index (κ1) is 11.9. The van der Waals surface area contributed by atoms with E-state index in [0.717, 1.165) is 27.0 Å². The van der Waals surface area contributed by atoms with Gasteiger partial charge >= 0.3 is 5.97 Å². The molecule has 1 heterocycles. The van der Waals surface area contributed by atoms with Crippen molar-refractivity contribution < 1.29 is 9.90 Å². The monoisotopic (exact) mass is 270 g/mol. The average Bonchev–Trinajstić information content (AvgIpc) is 2.42. The number of rotatable bonds is 3. The molecule has 4 nitrogen and oxygen atoms in total. The van der Waals surface area contributed by atoms with Crippen LogP contribution in [0, 0.1) is 0 Å². The van der Waals surface area contributed by atoms with Crippen LogP contribution in [0.2, 0.25) is 0 Å². The van der Waals surface area contributed by atoms with Crippen molar-refractivity contribution in [2.24, 2.45) is 0 Å². The molecule has 0 atom stereocenters. The Bertz CT molecular complexity index is 774. The molecule has 0 unspecified atom stereocenters. The highest BCUT2D eigenvalue weighted by molar-refractivity contribution is 8.00. The maximum atomic E-state index is 10.6. The van der Waals surface area contributed by atoms with Gasteiger partial charge in [0.25, 0.3) is 0 Å². The lowest BCUT2D eigenvalue weighted by Gasteiger charge is -2.03. The molecular formula is C14H10N2O2S. The molecule has 0 bridgehead atoms. The highest BCUT2D eigenvalue weighted by atomic mass is 32.2. The Labute approximate surface area is 113 Å². The largest absolute Gasteiger partial charge is 0.481 e. The number of para-hydroxylation sites is 2. The number of carboxylic acid groups (broad SMARTS) is 1. The van der Waals surface area contributed by atoms with Crippen LogP contribution >= 0.6 is 11.8 Å². The molecule has 2 aromatic carbocycles. The number of carbonyl (C=O) groups is 1. The summed E-state index contributed by atoms with van der Waals surface area (Å²) in [5.41, 5.74) is 3.31. The lowest BCUT2D eigenvalue weighted by Crippen LogP contribution is -1.97. The van der Waals surface area contributed by atoms with E-state index in [1.54, 1.807) is 0 Å². The molecule has 0 spiro atoms. The van der Waals surface area contributed by atoms with Crippen molar-refractivity contribution in [2.75, 3.05) is 5.75 Å². The van der Waals surface area contributed by atoms with Gasteiger partial charge in [-0.15, -0.1) is 11.8 Å². The second-order valence-electron chi connectivity index (χ2n) is 4.05. The maximum absolute atomic E-state index is 10.6. The Morgan fingerprint density at radius 1 is 1.00 bits per heavy atom. The van der Waals surface area contributed by atoms with Gasteiger partial charge < -0.3 is 5.11 Å². The van der Waals surface area contributed by atoms with Crippen LogP contribution < -0.4 is 0 Å². The van der Waals surface area contributed by atoms with Crippen LogP contribution in [0.4, 0.5) is 0 Å². The van der Waals surface area contributed by atoms with Crippen molar-refractivity contribution >= 4 is 39.8 Å². The van der Waals surface area contributed by atoms with Crippen LogP contribution in [-0.2, 0) is 4.79 Å². The summed E-state index contributed by atoms with van der Waals surface area (Å²) in [5.74, 6) is -0.776. The van der Waals surface area contributed by atoms with E-state index in [1.807, 2.05) is 42.5 Å². The Morgan fingerprint density at radius 3 is 2.32 bits per heavy atom. The summed E-state index contributed by atoms with van der Waals surface area (Å²) in [6, 6.07) is 13.3. The molecule has 0 amide bonds. The van der Waals surface area contributed by atoms with E-state index in [4.69, 9.17) is 5.11 Å². The molecule has 1 aromatic heterocycles. The van der Waals surface area contributed by atoms with Crippen LogP contribution in [0.15, 0.2) is 47.4 Å². The number of nitrogens with zero attached hydrogens (tertiary/aromatic N) is 2. The minimum absolute atomic E-state index is 0.0481. The Morgan fingerprint density at radius 2 is 1.63 bits per heavy atom. The summed E-state index contributed by atoms with van der Waals surface area (Å²) in [6.45, 7) is 0. The summed E-state index contributed by atoms with van der Waals surface area (Å²) in [4.78, 5) is 20.5. The van der Waals surface area contributed by atoms with Gasteiger partial charge in [0, 0.05) is 4.90 Å². The Kier molecular flexibility index (Phi) is 3.05. The van der Waals surface area contributed by atoms with E-state index in [2.05, 4.69) is 9.97 Å². The minimum Gasteiger partial charge on any atom is -0.481 e. The zero-order valence-electron chi connectivity index (χ0n) is 9.91. The van der Waals surface area contributed by atoms with E-state index in [0.29, 0.717) is 0 Å². The fourth-order valence-electron chi connectivity index (χ4n) is 1.83. The minimum atomic E-state index is -0.824. The van der Waals surface area contributed by atoms with Crippen LogP contribution in [-0.4, -0.2) is 26.8 Å². The molecule has 0 aliphatic carbocycles. The van der Waals surface area contributed by atoms with Gasteiger partial charge in [-0.2, -0.15) is 0 Å². The van der Waals surface area contributed by atoms with Crippen molar-refractivity contribution in [2.45, 2.75) is 4.90 Å². The van der Waals surface area contributed by atoms with Crippen molar-refractivity contribution in [1.29, 1.82) is 0 Å². The van der Waals surface area contributed by atoms with Gasteiger partial charge in [0.15, 0.2) is 0 Å². The number of benzene rings is 2. The summed E-state index contributed by atoms with van der Waals surface area (Å²) in [6.07, 6.45) is 0. The SMILES string of the molecule is O=C(O)CSc1ccc2nc3ccccc3nc2c1. The third-order valence-corrected chi connectivity index (χ3v) is 3.65. The number of aliphatic carboxylic acids is 1. The molecule has 0 saturated carbocycles. The van der Waals surface area contributed by atoms with Gasteiger partial charge in [0.2, 0.25) is 0 Å². The zero-order chi connectivity index (χ0) is 13.2. The number of thioether (sulfide) groups is 1. The fraction of sp³-hybridized carbons (Fsp3) is 0.0714. The second kappa shape index (κ2) is 4.85. The predicted octanol–water partition coefficient (Wildman–Crippen LogP) is 2.96. The maximum Gasteiger partial charge on any atom is 0.313 e. The molecule has 1 N–H and O–H groups in total. The molecule has 0 aliphatic heterocycles. The third-order valence-electron chi connectivity index (χ3n) is 2.67. The van der Waals surface area contributed by atoms with Gasteiger partial charge in [-0.1, -0.05) is 12.1 Å². The van der Waals surface area contributed by atoms with Gasteiger partial charge in [-0.05, 0) is 30.3 Å². The molecule has 0 aliphatic rings. The third kappa shape index (κ3) is 2.51. The number of fused-ring (bicyclic) bond motifs is 2. The molecule has 5 heteroatoms. The lowest BCUT2D eigenvalue weighted by atomic mass is 10.2. The van der Waals surface area contributed by atoms with Crippen LogP contribution in [0.5, 0.6) is 0 Å². The summed E-state index contributed by atoms with van der Waals surface area (Å²) < 4.78 is 0. The number of hydrogen-bond donors (Lipinski definition) is 1. The molecular weight excluding hydrogens is 260 g/mol.